The second-order valence-corrected chi connectivity index (χ2v) is 28.1. The first kappa shape index (κ1) is 47.8. The van der Waals surface area contributed by atoms with Crippen LogP contribution in [-0.2, 0) is 20.4 Å². The smallest absolute Gasteiger partial charge is 0.0879 e. The molecule has 0 amide bonds. The zero-order chi connectivity index (χ0) is 44.0. The zero-order valence-corrected chi connectivity index (χ0v) is 43.0. The standard InChI is InChI=1S/C42H40P2Si.C18H15P.Pd/c1-34(2)32-33-45(3,41-30-18-16-28-39(41)43(35-20-8-4-9-21-35)36-22-10-5-11-23-36)42-31-19-17-29-40(42)44(37-24-12-6-13-25-37)38-26-14-7-15-27-38;1-4-10-16(11-5-1)19(17-12-6-2-7-13-17)18-14-8-3-9-15-18;/h4-32H,33H2,1-3H3;1-15H;/p+3. The van der Waals surface area contributed by atoms with Crippen molar-refractivity contribution in [3.63, 3.8) is 0 Å². The van der Waals surface area contributed by atoms with Crippen molar-refractivity contribution in [2.45, 2.75) is 26.4 Å². The second kappa shape index (κ2) is 23.9. The molecule has 0 aliphatic carbocycles. The normalized spacial score (nSPS) is 11.0. The van der Waals surface area contributed by atoms with Gasteiger partial charge in [0, 0.05) is 20.4 Å². The Bertz CT molecular complexity index is 2520. The van der Waals surface area contributed by atoms with Crippen molar-refractivity contribution in [2.75, 3.05) is 0 Å². The van der Waals surface area contributed by atoms with E-state index in [9.17, 15) is 0 Å². The number of allylic oxidation sites excluding steroid dienone is 2. The largest absolute Gasteiger partial charge is 0.129 e. The first-order chi connectivity index (χ1) is 31.5. The van der Waals surface area contributed by atoms with Gasteiger partial charge in [-0.05, 0) is 127 Å². The van der Waals surface area contributed by atoms with Crippen LogP contribution in [0.4, 0.5) is 0 Å². The Hall–Kier alpha value is -5.11. The van der Waals surface area contributed by atoms with Crippen LogP contribution in [0, 0.1) is 0 Å². The summed E-state index contributed by atoms with van der Waals surface area (Å²) < 4.78 is 0. The molecule has 324 valence electrons. The van der Waals surface area contributed by atoms with Gasteiger partial charge in [0.05, 0.1) is 23.8 Å². The third-order valence-corrected chi connectivity index (χ3v) is 25.0. The quantitative estimate of drug-likeness (QED) is 0.0614. The molecule has 9 aromatic carbocycles. The van der Waals surface area contributed by atoms with Crippen molar-refractivity contribution in [3.05, 3.63) is 273 Å². The maximum absolute atomic E-state index is 2.63. The molecular weight excluding hydrogens is 948 g/mol. The predicted molar refractivity (Wildman–Crippen MR) is 295 cm³/mol. The molecule has 0 saturated heterocycles. The Morgan fingerprint density at radius 1 is 0.323 bits per heavy atom. The fourth-order valence-corrected chi connectivity index (χ4v) is 22.9. The summed E-state index contributed by atoms with van der Waals surface area (Å²) in [5.41, 5.74) is 1.39. The van der Waals surface area contributed by atoms with Crippen molar-refractivity contribution in [2.24, 2.45) is 0 Å². The molecule has 65 heavy (non-hydrogen) atoms. The number of hydrogen-bond acceptors (Lipinski definition) is 0. The minimum absolute atomic E-state index is 0. The van der Waals surface area contributed by atoms with E-state index in [1.165, 1.54) is 53.3 Å². The van der Waals surface area contributed by atoms with Crippen molar-refractivity contribution in [1.82, 2.24) is 0 Å². The van der Waals surface area contributed by atoms with Crippen LogP contribution in [-0.4, -0.2) is 8.07 Å². The Labute approximate surface area is 406 Å². The van der Waals surface area contributed by atoms with Crippen LogP contribution in [0.2, 0.25) is 12.6 Å². The molecule has 0 nitrogen and oxygen atoms in total. The second-order valence-electron chi connectivity index (χ2n) is 16.6. The predicted octanol–water partition coefficient (Wildman–Crippen LogP) is 10.0. The molecule has 0 saturated carbocycles. The summed E-state index contributed by atoms with van der Waals surface area (Å²) in [5, 5.41) is 16.2. The van der Waals surface area contributed by atoms with Crippen molar-refractivity contribution >= 4 is 90.0 Å². The molecule has 0 N–H and O–H groups in total. The Balaban J connectivity index is 0.000000262. The van der Waals surface area contributed by atoms with Gasteiger partial charge in [-0.15, -0.1) is 0 Å². The van der Waals surface area contributed by atoms with Crippen LogP contribution in [0.25, 0.3) is 0 Å². The maximum atomic E-state index is 2.63. The Morgan fingerprint density at radius 3 is 0.785 bits per heavy atom. The van der Waals surface area contributed by atoms with E-state index in [1.807, 2.05) is 0 Å². The summed E-state index contributed by atoms with van der Waals surface area (Å²) in [7, 11) is -5.71. The van der Waals surface area contributed by atoms with Gasteiger partial charge in [-0.25, -0.2) is 0 Å². The van der Waals surface area contributed by atoms with E-state index in [4.69, 9.17) is 0 Å². The third kappa shape index (κ3) is 11.8. The molecule has 0 spiro atoms. The van der Waals surface area contributed by atoms with E-state index in [0.29, 0.717) is 0 Å². The molecule has 0 aliphatic heterocycles. The number of hydrogen-bond donors (Lipinski definition) is 0. The molecule has 0 heterocycles. The van der Waals surface area contributed by atoms with Gasteiger partial charge < -0.3 is 0 Å². The van der Waals surface area contributed by atoms with Gasteiger partial charge in [0.2, 0.25) is 0 Å². The molecular formula is C60H58P3PdSi+3. The summed E-state index contributed by atoms with van der Waals surface area (Å²) in [4.78, 5) is 0. The van der Waals surface area contributed by atoms with E-state index < -0.39 is 31.8 Å². The first-order valence-electron chi connectivity index (χ1n) is 22.3. The number of benzene rings is 9. The molecule has 0 radical (unpaired) electrons. The van der Waals surface area contributed by atoms with Gasteiger partial charge in [-0.3, -0.25) is 0 Å². The van der Waals surface area contributed by atoms with Crippen LogP contribution in [0.15, 0.2) is 273 Å². The molecule has 9 rings (SSSR count). The van der Waals surface area contributed by atoms with Gasteiger partial charge in [0.25, 0.3) is 0 Å². The molecule has 0 fully saturated rings. The van der Waals surface area contributed by atoms with Crippen LogP contribution >= 0.6 is 23.8 Å². The molecule has 0 aromatic heterocycles. The number of rotatable bonds is 13. The Morgan fingerprint density at radius 2 is 0.538 bits per heavy atom. The van der Waals surface area contributed by atoms with Crippen LogP contribution in [0.1, 0.15) is 13.8 Å². The van der Waals surface area contributed by atoms with Crippen molar-refractivity contribution in [1.29, 1.82) is 0 Å². The molecule has 0 atom stereocenters. The van der Waals surface area contributed by atoms with Crippen LogP contribution in [0.5, 0.6) is 0 Å². The van der Waals surface area contributed by atoms with Gasteiger partial charge in [0.1, 0.15) is 55.8 Å². The monoisotopic (exact) mass is 1010 g/mol. The molecule has 0 unspecified atom stereocenters. The zero-order valence-electron chi connectivity index (χ0n) is 37.4. The molecule has 0 aliphatic rings. The van der Waals surface area contributed by atoms with E-state index >= 15 is 0 Å². The van der Waals surface area contributed by atoms with Gasteiger partial charge in [0.15, 0.2) is 0 Å². The average molecular weight is 1010 g/mol. The first-order valence-corrected chi connectivity index (χ1v) is 29.5. The molecule has 0 bridgehead atoms. The van der Waals surface area contributed by atoms with E-state index in [-0.39, 0.29) is 20.4 Å². The third-order valence-electron chi connectivity index (χ3n) is 11.9. The fourth-order valence-electron chi connectivity index (χ4n) is 8.83. The van der Waals surface area contributed by atoms with Crippen LogP contribution in [0.3, 0.4) is 0 Å². The minimum Gasteiger partial charge on any atom is -0.0879 e. The summed E-state index contributed by atoms with van der Waals surface area (Å²) in [6.45, 7) is 7.13. The SMILES string of the molecule is CC(C)=CC[Si](C)(c1ccccc1[PH+](c1ccccc1)c1ccccc1)c1ccccc1[PH+](c1ccccc1)c1ccccc1.[Pd].c1ccc([PH+](c2ccccc2)c2ccccc2)cc1. The van der Waals surface area contributed by atoms with Gasteiger partial charge >= 0.3 is 0 Å². The topological polar surface area (TPSA) is 0 Å². The summed E-state index contributed by atoms with van der Waals surface area (Å²) in [6, 6.07) is 97.4. The molecule has 9 aromatic rings. The summed E-state index contributed by atoms with van der Waals surface area (Å²) in [6.07, 6.45) is 2.51. The van der Waals surface area contributed by atoms with Crippen LogP contribution < -0.4 is 58.1 Å². The summed E-state index contributed by atoms with van der Waals surface area (Å²) >= 11 is 0. The van der Waals surface area contributed by atoms with Crippen molar-refractivity contribution < 1.29 is 20.4 Å². The van der Waals surface area contributed by atoms with E-state index in [2.05, 4.69) is 287 Å². The summed E-state index contributed by atoms with van der Waals surface area (Å²) in [5.74, 6) is 0. The average Bonchev–Trinajstić information content (AvgIpc) is 3.36. The van der Waals surface area contributed by atoms with Gasteiger partial charge in [-0.1, -0.05) is 182 Å². The molecule has 5 heteroatoms. The van der Waals surface area contributed by atoms with E-state index in [1.54, 1.807) is 10.4 Å². The fraction of sp³-hybridized carbons (Fsp3) is 0.0667. The van der Waals surface area contributed by atoms with E-state index in [0.717, 1.165) is 6.04 Å². The van der Waals surface area contributed by atoms with Crippen molar-refractivity contribution in [3.8, 4) is 0 Å². The van der Waals surface area contributed by atoms with Gasteiger partial charge in [-0.2, -0.15) is 0 Å². The Kier molecular flexibility index (Phi) is 17.6. The maximum Gasteiger partial charge on any atom is 0.129 e. The minimum atomic E-state index is -2.34.